The molecule has 6 heteroatoms. The molecule has 200 valence electrons. The fourth-order valence-electron chi connectivity index (χ4n) is 6.17. The molecule has 4 rings (SSSR count). The molecular weight excluding hydrogens is 480 g/mol. The average molecular weight is 523 g/mol. The number of ketones is 1. The Hall–Kier alpha value is -2.37. The number of imidazole rings is 1. The number of halogens is 1. The van der Waals surface area contributed by atoms with Crippen molar-refractivity contribution in [1.82, 2.24) is 14.3 Å². The minimum atomic E-state index is 0.188. The van der Waals surface area contributed by atoms with E-state index in [1.807, 2.05) is 18.5 Å². The number of nitrogens with zero attached hydrogens (tertiary/aromatic N) is 4. The van der Waals surface area contributed by atoms with E-state index in [2.05, 4.69) is 79.3 Å². The quantitative estimate of drug-likeness (QED) is 0.265. The Balaban J connectivity index is 1.55. The summed E-state index contributed by atoms with van der Waals surface area (Å²) in [5, 5.41) is 0.649. The molecule has 37 heavy (non-hydrogen) atoms. The van der Waals surface area contributed by atoms with Gasteiger partial charge in [-0.05, 0) is 108 Å². The van der Waals surface area contributed by atoms with Crippen molar-refractivity contribution in [1.29, 1.82) is 0 Å². The van der Waals surface area contributed by atoms with Gasteiger partial charge >= 0.3 is 0 Å². The Morgan fingerprint density at radius 3 is 2.46 bits per heavy atom. The second-order valence-corrected chi connectivity index (χ2v) is 11.5. The molecule has 0 saturated heterocycles. The van der Waals surface area contributed by atoms with E-state index in [0.717, 1.165) is 41.8 Å². The topological polar surface area (TPSA) is 40.9 Å². The third kappa shape index (κ3) is 6.04. The van der Waals surface area contributed by atoms with Gasteiger partial charge in [-0.15, -0.1) is 0 Å². The predicted octanol–water partition coefficient (Wildman–Crippen LogP) is 7.15. The van der Waals surface area contributed by atoms with Crippen LogP contribution in [0.4, 0.5) is 5.69 Å². The van der Waals surface area contributed by atoms with Crippen molar-refractivity contribution in [2.24, 2.45) is 5.92 Å². The minimum Gasteiger partial charge on any atom is -0.369 e. The maximum Gasteiger partial charge on any atom is 0.163 e. The first-order valence-electron chi connectivity index (χ1n) is 13.9. The first-order valence-corrected chi connectivity index (χ1v) is 14.3. The highest BCUT2D eigenvalue weighted by atomic mass is 35.5. The lowest BCUT2D eigenvalue weighted by atomic mass is 9.87. The van der Waals surface area contributed by atoms with Crippen LogP contribution in [0, 0.1) is 19.8 Å². The summed E-state index contributed by atoms with van der Waals surface area (Å²) in [4.78, 5) is 23.2. The van der Waals surface area contributed by atoms with Gasteiger partial charge in [0, 0.05) is 59.9 Å². The van der Waals surface area contributed by atoms with Crippen LogP contribution in [0.2, 0.25) is 5.02 Å². The van der Waals surface area contributed by atoms with Crippen LogP contribution in [0.25, 0.3) is 5.65 Å². The zero-order valence-corrected chi connectivity index (χ0v) is 24.2. The molecule has 1 saturated carbocycles. The van der Waals surface area contributed by atoms with E-state index in [1.54, 1.807) is 0 Å². The summed E-state index contributed by atoms with van der Waals surface area (Å²) in [5.74, 6) is 0.438. The van der Waals surface area contributed by atoms with Crippen LogP contribution >= 0.6 is 11.6 Å². The van der Waals surface area contributed by atoms with Crippen molar-refractivity contribution in [3.63, 3.8) is 0 Å². The minimum absolute atomic E-state index is 0.188. The van der Waals surface area contributed by atoms with Gasteiger partial charge in [-0.2, -0.15) is 0 Å². The molecule has 3 aromatic rings. The second-order valence-electron chi connectivity index (χ2n) is 11.1. The first-order chi connectivity index (χ1) is 17.7. The molecule has 1 aliphatic rings. The number of pyridine rings is 1. The van der Waals surface area contributed by atoms with Gasteiger partial charge in [0.2, 0.25) is 0 Å². The Bertz CT molecular complexity index is 1230. The summed E-state index contributed by atoms with van der Waals surface area (Å²) in [6.45, 7) is 9.54. The van der Waals surface area contributed by atoms with Crippen molar-refractivity contribution in [3.8, 4) is 0 Å². The number of fused-ring (bicyclic) bond motifs is 1. The van der Waals surface area contributed by atoms with E-state index in [-0.39, 0.29) is 11.7 Å². The average Bonchev–Trinajstić information content (AvgIpc) is 3.36. The zero-order valence-electron chi connectivity index (χ0n) is 23.4. The molecule has 0 spiro atoms. The number of hydrogen-bond donors (Lipinski definition) is 0. The van der Waals surface area contributed by atoms with Crippen molar-refractivity contribution in [3.05, 3.63) is 64.1 Å². The highest BCUT2D eigenvalue weighted by Gasteiger charge is 2.28. The molecule has 1 unspecified atom stereocenters. The molecule has 0 bridgehead atoms. The van der Waals surface area contributed by atoms with E-state index in [0.29, 0.717) is 23.5 Å². The van der Waals surface area contributed by atoms with E-state index < -0.39 is 0 Å². The number of benzene rings is 1. The molecule has 1 aliphatic carbocycles. The first kappa shape index (κ1) is 27.7. The Morgan fingerprint density at radius 2 is 1.81 bits per heavy atom. The van der Waals surface area contributed by atoms with Crippen LogP contribution in [-0.4, -0.2) is 52.8 Å². The van der Waals surface area contributed by atoms with E-state index in [4.69, 9.17) is 11.6 Å². The van der Waals surface area contributed by atoms with E-state index in [9.17, 15) is 4.79 Å². The lowest BCUT2D eigenvalue weighted by molar-refractivity contribution is 0.0959. The van der Waals surface area contributed by atoms with Crippen molar-refractivity contribution >= 4 is 28.7 Å². The molecule has 0 radical (unpaired) electrons. The normalized spacial score (nSPS) is 18.9. The highest BCUT2D eigenvalue weighted by molar-refractivity contribution is 6.31. The molecule has 1 aromatic carbocycles. The summed E-state index contributed by atoms with van der Waals surface area (Å²) >= 11 is 6.65. The standard InChI is InChI=1S/C31H43ClN4O/c1-7-23(17-27-21(3)13-15-35-16-14-33-31(27)35)18-30(37)28-19-24(32)20-29(22(28)4)36(8-2)26-11-9-25(10-12-26)34(5)6/h13-16,19-20,23,25-26H,7-12,17-18H2,1-6H3. The summed E-state index contributed by atoms with van der Waals surface area (Å²) in [6.07, 6.45) is 12.9. The van der Waals surface area contributed by atoms with Crippen LogP contribution in [0.5, 0.6) is 0 Å². The third-order valence-corrected chi connectivity index (χ3v) is 8.80. The second kappa shape index (κ2) is 12.0. The molecule has 0 amide bonds. The lowest BCUT2D eigenvalue weighted by Gasteiger charge is -2.40. The van der Waals surface area contributed by atoms with Gasteiger partial charge < -0.3 is 14.2 Å². The smallest absolute Gasteiger partial charge is 0.163 e. The summed E-state index contributed by atoms with van der Waals surface area (Å²) < 4.78 is 2.07. The van der Waals surface area contributed by atoms with Crippen LogP contribution in [-0.2, 0) is 6.42 Å². The fraction of sp³-hybridized carbons (Fsp3) is 0.548. The van der Waals surface area contributed by atoms with Gasteiger partial charge in [-0.3, -0.25) is 4.79 Å². The predicted molar refractivity (Wildman–Crippen MR) is 155 cm³/mol. The molecule has 1 fully saturated rings. The number of rotatable bonds is 10. The number of Topliss-reactive ketones (excluding diaryl/α,β-unsaturated/α-hetero) is 1. The van der Waals surface area contributed by atoms with Crippen molar-refractivity contribution in [2.75, 3.05) is 25.5 Å². The summed E-state index contributed by atoms with van der Waals surface area (Å²) in [6, 6.07) is 7.23. The fourth-order valence-corrected chi connectivity index (χ4v) is 6.39. The molecule has 0 aliphatic heterocycles. The number of carbonyl (C=O) groups excluding carboxylic acids is 1. The summed E-state index contributed by atoms with van der Waals surface area (Å²) in [7, 11) is 4.37. The van der Waals surface area contributed by atoms with Gasteiger partial charge in [0.05, 0.1) is 0 Å². The number of carbonyl (C=O) groups is 1. The largest absolute Gasteiger partial charge is 0.369 e. The van der Waals surface area contributed by atoms with E-state index in [1.165, 1.54) is 36.8 Å². The molecule has 2 heterocycles. The number of aromatic nitrogens is 2. The Labute approximate surface area is 227 Å². The highest BCUT2D eigenvalue weighted by Crippen LogP contribution is 2.35. The lowest BCUT2D eigenvalue weighted by Crippen LogP contribution is -2.42. The molecule has 5 nitrogen and oxygen atoms in total. The van der Waals surface area contributed by atoms with Crippen molar-refractivity contribution in [2.45, 2.75) is 84.7 Å². The molecule has 1 atom stereocenters. The van der Waals surface area contributed by atoms with Crippen LogP contribution < -0.4 is 4.90 Å². The van der Waals surface area contributed by atoms with Crippen LogP contribution in [0.15, 0.2) is 36.8 Å². The Morgan fingerprint density at radius 1 is 1.11 bits per heavy atom. The monoisotopic (exact) mass is 522 g/mol. The van der Waals surface area contributed by atoms with Gasteiger partial charge in [0.25, 0.3) is 0 Å². The maximum atomic E-state index is 13.7. The van der Waals surface area contributed by atoms with Crippen LogP contribution in [0.3, 0.4) is 0 Å². The molecule has 0 N–H and O–H groups in total. The number of aryl methyl sites for hydroxylation is 1. The van der Waals surface area contributed by atoms with Gasteiger partial charge in [-0.1, -0.05) is 24.9 Å². The summed E-state index contributed by atoms with van der Waals surface area (Å²) in [5.41, 5.74) is 6.42. The van der Waals surface area contributed by atoms with Gasteiger partial charge in [0.1, 0.15) is 5.65 Å². The maximum absolute atomic E-state index is 13.7. The van der Waals surface area contributed by atoms with E-state index >= 15 is 0 Å². The van der Waals surface area contributed by atoms with Gasteiger partial charge in [-0.25, -0.2) is 4.98 Å². The molecular formula is C31H43ClN4O. The van der Waals surface area contributed by atoms with Gasteiger partial charge in [0.15, 0.2) is 5.78 Å². The van der Waals surface area contributed by atoms with Crippen LogP contribution in [0.1, 0.15) is 79.4 Å². The number of hydrogen-bond acceptors (Lipinski definition) is 4. The Kier molecular flexibility index (Phi) is 8.97. The zero-order chi connectivity index (χ0) is 26.7. The third-order valence-electron chi connectivity index (χ3n) is 8.58. The SMILES string of the molecule is CCC(CC(=O)c1cc(Cl)cc(N(CC)C2CCC(N(C)C)CC2)c1C)Cc1c(C)ccn2ccnc12. The van der Waals surface area contributed by atoms with Crippen molar-refractivity contribution < 1.29 is 4.79 Å². The molecule has 2 aromatic heterocycles. The number of anilines is 1.